The molecule has 1 fully saturated rings. The lowest BCUT2D eigenvalue weighted by molar-refractivity contribution is -0.134. The Morgan fingerprint density at radius 2 is 1.50 bits per heavy atom. The molecule has 1 N–H and O–H groups in total. The summed E-state index contributed by atoms with van der Waals surface area (Å²) in [5.74, 6) is -0.234. The molecular formula is C21H25N3O2. The number of amides is 2. The highest BCUT2D eigenvalue weighted by Gasteiger charge is 2.26. The van der Waals surface area contributed by atoms with E-state index in [0.29, 0.717) is 18.7 Å². The summed E-state index contributed by atoms with van der Waals surface area (Å²) in [5.41, 5.74) is 1.86. The Kier molecular flexibility index (Phi) is 6.02. The molecule has 5 nitrogen and oxygen atoms in total. The first kappa shape index (κ1) is 18.1. The predicted octanol–water partition coefficient (Wildman–Crippen LogP) is 2.15. The number of hydrogen-bond donors (Lipinski definition) is 1. The lowest BCUT2D eigenvalue weighted by Gasteiger charge is -2.36. The number of hydrogen-bond acceptors (Lipinski definition) is 3. The summed E-state index contributed by atoms with van der Waals surface area (Å²) in [4.78, 5) is 29.0. The highest BCUT2D eigenvalue weighted by atomic mass is 16.2. The second-order valence-electron chi connectivity index (χ2n) is 6.65. The van der Waals surface area contributed by atoms with Crippen LogP contribution in [0.3, 0.4) is 0 Å². The molecule has 1 saturated heterocycles. The van der Waals surface area contributed by atoms with Gasteiger partial charge in [-0.05, 0) is 24.6 Å². The third-order valence-electron chi connectivity index (χ3n) is 4.69. The van der Waals surface area contributed by atoms with Crippen LogP contribution in [0.15, 0.2) is 60.7 Å². The maximum atomic E-state index is 12.6. The summed E-state index contributed by atoms with van der Waals surface area (Å²) in [6.07, 6.45) is 0. The summed E-state index contributed by atoms with van der Waals surface area (Å²) in [6.45, 7) is 5.73. The van der Waals surface area contributed by atoms with Gasteiger partial charge in [-0.3, -0.25) is 14.5 Å². The molecule has 0 bridgehead atoms. The molecule has 1 unspecified atom stereocenters. The molecule has 5 heteroatoms. The Labute approximate surface area is 154 Å². The van der Waals surface area contributed by atoms with Gasteiger partial charge in [-0.25, -0.2) is 0 Å². The lowest BCUT2D eigenvalue weighted by atomic mass is 10.1. The van der Waals surface area contributed by atoms with Gasteiger partial charge in [0.1, 0.15) is 6.04 Å². The smallest absolute Gasteiger partial charge is 0.251 e. The fourth-order valence-corrected chi connectivity index (χ4v) is 3.17. The third kappa shape index (κ3) is 4.70. The van der Waals surface area contributed by atoms with Crippen LogP contribution in [0, 0.1) is 0 Å². The minimum Gasteiger partial charge on any atom is -0.341 e. The molecule has 2 aromatic rings. The van der Waals surface area contributed by atoms with Crippen molar-refractivity contribution in [3.8, 4) is 0 Å². The molecule has 2 aromatic carbocycles. The second kappa shape index (κ2) is 8.63. The molecule has 0 spiro atoms. The van der Waals surface area contributed by atoms with Crippen molar-refractivity contribution in [3.63, 3.8) is 0 Å². The number of piperazine rings is 1. The zero-order valence-electron chi connectivity index (χ0n) is 15.1. The van der Waals surface area contributed by atoms with Crippen LogP contribution in [0.25, 0.3) is 0 Å². The van der Waals surface area contributed by atoms with Gasteiger partial charge in [0.15, 0.2) is 0 Å². The SMILES string of the molecule is CC(NC(=O)c1ccccc1)C(=O)N1CCN(Cc2ccccc2)CC1. The minimum absolute atomic E-state index is 0.0198. The van der Waals surface area contributed by atoms with Crippen molar-refractivity contribution in [3.05, 3.63) is 71.8 Å². The number of nitrogens with one attached hydrogen (secondary N) is 1. The van der Waals surface area contributed by atoms with Crippen LogP contribution in [-0.4, -0.2) is 53.8 Å². The number of benzene rings is 2. The summed E-state index contributed by atoms with van der Waals surface area (Å²) in [5, 5.41) is 2.80. The maximum absolute atomic E-state index is 12.6. The monoisotopic (exact) mass is 351 g/mol. The molecule has 0 aromatic heterocycles. The molecule has 1 aliphatic heterocycles. The van der Waals surface area contributed by atoms with E-state index < -0.39 is 6.04 Å². The number of carbonyl (C=O) groups excluding carboxylic acids is 2. The van der Waals surface area contributed by atoms with Crippen molar-refractivity contribution in [2.24, 2.45) is 0 Å². The van der Waals surface area contributed by atoms with Gasteiger partial charge in [0.25, 0.3) is 5.91 Å². The Morgan fingerprint density at radius 3 is 2.12 bits per heavy atom. The summed E-state index contributed by atoms with van der Waals surface area (Å²) in [6, 6.07) is 18.8. The van der Waals surface area contributed by atoms with Crippen LogP contribution in [-0.2, 0) is 11.3 Å². The fraction of sp³-hybridized carbons (Fsp3) is 0.333. The highest BCUT2D eigenvalue weighted by Crippen LogP contribution is 2.09. The summed E-state index contributed by atoms with van der Waals surface area (Å²) >= 11 is 0. The number of rotatable bonds is 5. The van der Waals surface area contributed by atoms with Crippen LogP contribution in [0.1, 0.15) is 22.8 Å². The van der Waals surface area contributed by atoms with Crippen LogP contribution in [0.5, 0.6) is 0 Å². The average Bonchev–Trinajstić information content (AvgIpc) is 2.69. The van der Waals surface area contributed by atoms with E-state index in [1.54, 1.807) is 19.1 Å². The first-order chi connectivity index (χ1) is 12.6. The average molecular weight is 351 g/mol. The maximum Gasteiger partial charge on any atom is 0.251 e. The van der Waals surface area contributed by atoms with Gasteiger partial charge in [0.2, 0.25) is 5.91 Å². The lowest BCUT2D eigenvalue weighted by Crippen LogP contribution is -2.53. The Balaban J connectivity index is 1.47. The van der Waals surface area contributed by atoms with Crippen molar-refractivity contribution in [1.29, 1.82) is 0 Å². The van der Waals surface area contributed by atoms with E-state index in [1.807, 2.05) is 41.3 Å². The van der Waals surface area contributed by atoms with Gasteiger partial charge < -0.3 is 10.2 Å². The molecule has 0 aliphatic carbocycles. The first-order valence-electron chi connectivity index (χ1n) is 9.04. The highest BCUT2D eigenvalue weighted by molar-refractivity contribution is 5.97. The van der Waals surface area contributed by atoms with Crippen LogP contribution >= 0.6 is 0 Å². The molecule has 3 rings (SSSR count). The van der Waals surface area contributed by atoms with Gasteiger partial charge in [0, 0.05) is 38.3 Å². The fourth-order valence-electron chi connectivity index (χ4n) is 3.17. The summed E-state index contributed by atoms with van der Waals surface area (Å²) in [7, 11) is 0. The predicted molar refractivity (Wildman–Crippen MR) is 102 cm³/mol. The van der Waals surface area contributed by atoms with Crippen molar-refractivity contribution in [1.82, 2.24) is 15.1 Å². The molecular weight excluding hydrogens is 326 g/mol. The Bertz CT molecular complexity index is 725. The van der Waals surface area contributed by atoms with E-state index in [4.69, 9.17) is 0 Å². The topological polar surface area (TPSA) is 52.7 Å². The van der Waals surface area contributed by atoms with Crippen molar-refractivity contribution in [2.75, 3.05) is 26.2 Å². The molecule has 0 radical (unpaired) electrons. The molecule has 1 aliphatic rings. The van der Waals surface area contributed by atoms with E-state index >= 15 is 0 Å². The molecule has 136 valence electrons. The normalized spacial score (nSPS) is 16.1. The van der Waals surface area contributed by atoms with Crippen molar-refractivity contribution >= 4 is 11.8 Å². The number of carbonyl (C=O) groups is 2. The van der Waals surface area contributed by atoms with Crippen LogP contribution in [0.4, 0.5) is 0 Å². The van der Waals surface area contributed by atoms with Crippen molar-refractivity contribution < 1.29 is 9.59 Å². The van der Waals surface area contributed by atoms with Gasteiger partial charge in [-0.15, -0.1) is 0 Å². The Hall–Kier alpha value is -2.66. The van der Waals surface area contributed by atoms with Gasteiger partial charge >= 0.3 is 0 Å². The van der Waals surface area contributed by atoms with Crippen LogP contribution < -0.4 is 5.32 Å². The van der Waals surface area contributed by atoms with Gasteiger partial charge in [-0.1, -0.05) is 48.5 Å². The van der Waals surface area contributed by atoms with Gasteiger partial charge in [0.05, 0.1) is 0 Å². The second-order valence-corrected chi connectivity index (χ2v) is 6.65. The zero-order chi connectivity index (χ0) is 18.4. The van der Waals surface area contributed by atoms with E-state index in [2.05, 4.69) is 22.3 Å². The molecule has 0 saturated carbocycles. The van der Waals surface area contributed by atoms with E-state index in [1.165, 1.54) is 5.56 Å². The van der Waals surface area contributed by atoms with Crippen LogP contribution in [0.2, 0.25) is 0 Å². The quantitative estimate of drug-likeness (QED) is 0.898. The molecule has 1 heterocycles. The molecule has 26 heavy (non-hydrogen) atoms. The molecule has 2 amide bonds. The largest absolute Gasteiger partial charge is 0.341 e. The van der Waals surface area contributed by atoms with E-state index in [9.17, 15) is 9.59 Å². The number of nitrogens with zero attached hydrogens (tertiary/aromatic N) is 2. The first-order valence-corrected chi connectivity index (χ1v) is 9.04. The zero-order valence-corrected chi connectivity index (χ0v) is 15.1. The van der Waals surface area contributed by atoms with Gasteiger partial charge in [-0.2, -0.15) is 0 Å². The standard InChI is InChI=1S/C21H25N3O2/c1-17(22-20(25)19-10-6-3-7-11-19)21(26)24-14-12-23(13-15-24)16-18-8-4-2-5-9-18/h2-11,17H,12-16H2,1H3,(H,22,25). The van der Waals surface area contributed by atoms with E-state index in [0.717, 1.165) is 19.6 Å². The summed E-state index contributed by atoms with van der Waals surface area (Å²) < 4.78 is 0. The minimum atomic E-state index is -0.525. The Morgan fingerprint density at radius 1 is 0.923 bits per heavy atom. The molecule has 1 atom stereocenters. The third-order valence-corrected chi connectivity index (χ3v) is 4.69. The van der Waals surface area contributed by atoms with E-state index in [-0.39, 0.29) is 11.8 Å². The van der Waals surface area contributed by atoms with Crippen molar-refractivity contribution in [2.45, 2.75) is 19.5 Å².